The topological polar surface area (TPSA) is 79.8 Å². The summed E-state index contributed by atoms with van der Waals surface area (Å²) in [6.45, 7) is 6.40. The molecule has 3 aromatic rings. The molecule has 2 N–H and O–H groups in total. The normalized spacial score (nSPS) is 12.3. The standard InChI is InChI=1S/C18H20N4O2/c1-11-8-13(3)22(21-11)10-12(2)19-18(24)16-9-14-6-4-5-7-15(14)17(23)20-16/h4-9,12H,10H2,1-3H3,(H,19,24)(H,20,23)/t12-/m1/s1. The van der Waals surface area contributed by atoms with Crippen LogP contribution in [0.25, 0.3) is 10.8 Å². The molecule has 124 valence electrons. The highest BCUT2D eigenvalue weighted by Crippen LogP contribution is 2.10. The number of carbonyl (C=O) groups excluding carboxylic acids is 1. The molecule has 0 spiro atoms. The Morgan fingerprint density at radius 1 is 1.29 bits per heavy atom. The van der Waals surface area contributed by atoms with E-state index in [0.29, 0.717) is 11.9 Å². The van der Waals surface area contributed by atoms with Gasteiger partial charge in [-0.1, -0.05) is 18.2 Å². The molecular weight excluding hydrogens is 304 g/mol. The van der Waals surface area contributed by atoms with Crippen LogP contribution >= 0.6 is 0 Å². The van der Waals surface area contributed by atoms with E-state index >= 15 is 0 Å². The number of aryl methyl sites for hydroxylation is 2. The van der Waals surface area contributed by atoms with E-state index in [9.17, 15) is 9.59 Å². The molecule has 0 aliphatic carbocycles. The van der Waals surface area contributed by atoms with Gasteiger partial charge in [0, 0.05) is 17.1 Å². The van der Waals surface area contributed by atoms with E-state index < -0.39 is 0 Å². The molecule has 0 bridgehead atoms. The van der Waals surface area contributed by atoms with Crippen molar-refractivity contribution in [1.29, 1.82) is 0 Å². The molecular formula is C18H20N4O2. The summed E-state index contributed by atoms with van der Waals surface area (Å²) in [6.07, 6.45) is 0. The first kappa shape index (κ1) is 16.0. The number of carbonyl (C=O) groups is 1. The predicted octanol–water partition coefficient (Wildman–Crippen LogP) is 2.16. The van der Waals surface area contributed by atoms with E-state index in [1.54, 1.807) is 18.2 Å². The van der Waals surface area contributed by atoms with Crippen LogP contribution in [0.5, 0.6) is 0 Å². The van der Waals surface area contributed by atoms with Crippen molar-refractivity contribution in [3.63, 3.8) is 0 Å². The van der Waals surface area contributed by atoms with Gasteiger partial charge in [-0.2, -0.15) is 5.10 Å². The zero-order valence-electron chi connectivity index (χ0n) is 14.0. The van der Waals surface area contributed by atoms with Crippen LogP contribution in [0.3, 0.4) is 0 Å². The fourth-order valence-electron chi connectivity index (χ4n) is 2.80. The first-order valence-electron chi connectivity index (χ1n) is 7.88. The number of aromatic amines is 1. The van der Waals surface area contributed by atoms with Crippen molar-refractivity contribution in [2.45, 2.75) is 33.4 Å². The molecule has 1 atom stereocenters. The van der Waals surface area contributed by atoms with Crippen molar-refractivity contribution >= 4 is 16.7 Å². The van der Waals surface area contributed by atoms with Crippen molar-refractivity contribution in [3.05, 3.63) is 63.8 Å². The van der Waals surface area contributed by atoms with Crippen LogP contribution in [-0.2, 0) is 6.54 Å². The van der Waals surface area contributed by atoms with E-state index in [1.807, 2.05) is 43.7 Å². The number of rotatable bonds is 4. The molecule has 6 heteroatoms. The van der Waals surface area contributed by atoms with E-state index in [-0.39, 0.29) is 23.2 Å². The maximum atomic E-state index is 12.4. The predicted molar refractivity (Wildman–Crippen MR) is 93.2 cm³/mol. The average molecular weight is 324 g/mol. The third-order valence-electron chi connectivity index (χ3n) is 3.93. The van der Waals surface area contributed by atoms with Crippen molar-refractivity contribution < 1.29 is 4.79 Å². The summed E-state index contributed by atoms with van der Waals surface area (Å²) < 4.78 is 1.86. The zero-order valence-corrected chi connectivity index (χ0v) is 14.0. The van der Waals surface area contributed by atoms with Gasteiger partial charge in [0.25, 0.3) is 11.5 Å². The van der Waals surface area contributed by atoms with E-state index in [0.717, 1.165) is 16.8 Å². The van der Waals surface area contributed by atoms with Gasteiger partial charge in [0.05, 0.1) is 12.2 Å². The van der Waals surface area contributed by atoms with Crippen molar-refractivity contribution in [3.8, 4) is 0 Å². The largest absolute Gasteiger partial charge is 0.346 e. The first-order valence-corrected chi connectivity index (χ1v) is 7.88. The molecule has 6 nitrogen and oxygen atoms in total. The molecule has 0 saturated carbocycles. The summed E-state index contributed by atoms with van der Waals surface area (Å²) in [5.41, 5.74) is 2.00. The Balaban J connectivity index is 1.77. The average Bonchev–Trinajstić information content (AvgIpc) is 2.84. The number of amides is 1. The fourth-order valence-corrected chi connectivity index (χ4v) is 2.80. The van der Waals surface area contributed by atoms with E-state index in [4.69, 9.17) is 0 Å². The monoisotopic (exact) mass is 324 g/mol. The minimum Gasteiger partial charge on any atom is -0.346 e. The quantitative estimate of drug-likeness (QED) is 0.772. The molecule has 1 aromatic carbocycles. The summed E-state index contributed by atoms with van der Waals surface area (Å²) in [5.74, 6) is -0.299. The summed E-state index contributed by atoms with van der Waals surface area (Å²) >= 11 is 0. The second-order valence-corrected chi connectivity index (χ2v) is 6.08. The lowest BCUT2D eigenvalue weighted by atomic mass is 10.1. The third kappa shape index (κ3) is 3.22. The maximum Gasteiger partial charge on any atom is 0.268 e. The highest BCUT2D eigenvalue weighted by atomic mass is 16.2. The van der Waals surface area contributed by atoms with Gasteiger partial charge < -0.3 is 10.3 Å². The lowest BCUT2D eigenvalue weighted by Crippen LogP contribution is -2.37. The second kappa shape index (κ2) is 6.31. The van der Waals surface area contributed by atoms with Gasteiger partial charge >= 0.3 is 0 Å². The van der Waals surface area contributed by atoms with Crippen LogP contribution in [-0.4, -0.2) is 26.7 Å². The van der Waals surface area contributed by atoms with Crippen molar-refractivity contribution in [2.24, 2.45) is 0 Å². The Labute approximate surface area is 139 Å². The Morgan fingerprint density at radius 3 is 2.75 bits per heavy atom. The Hall–Kier alpha value is -2.89. The molecule has 0 radical (unpaired) electrons. The Bertz CT molecular complexity index is 955. The van der Waals surface area contributed by atoms with E-state index in [1.165, 1.54) is 0 Å². The number of hydrogen-bond acceptors (Lipinski definition) is 3. The summed E-state index contributed by atoms with van der Waals surface area (Å²) in [5, 5.41) is 8.62. The number of benzene rings is 1. The maximum absolute atomic E-state index is 12.4. The molecule has 2 aromatic heterocycles. The summed E-state index contributed by atoms with van der Waals surface area (Å²) in [6, 6.07) is 10.8. The highest BCUT2D eigenvalue weighted by Gasteiger charge is 2.14. The number of fused-ring (bicyclic) bond motifs is 1. The fraction of sp³-hybridized carbons (Fsp3) is 0.278. The van der Waals surface area contributed by atoms with Gasteiger partial charge in [-0.15, -0.1) is 0 Å². The minimum absolute atomic E-state index is 0.120. The van der Waals surface area contributed by atoms with Gasteiger partial charge in [0.1, 0.15) is 5.69 Å². The van der Waals surface area contributed by atoms with Crippen molar-refractivity contribution in [2.75, 3.05) is 0 Å². The number of hydrogen-bond donors (Lipinski definition) is 2. The number of H-pyrrole nitrogens is 1. The molecule has 2 heterocycles. The zero-order chi connectivity index (χ0) is 17.3. The van der Waals surface area contributed by atoms with Gasteiger partial charge in [0.2, 0.25) is 0 Å². The lowest BCUT2D eigenvalue weighted by Gasteiger charge is -2.15. The highest BCUT2D eigenvalue weighted by molar-refractivity contribution is 5.96. The summed E-state index contributed by atoms with van der Waals surface area (Å²) in [7, 11) is 0. The number of pyridine rings is 1. The van der Waals surface area contributed by atoms with Crippen LogP contribution in [0.1, 0.15) is 28.8 Å². The van der Waals surface area contributed by atoms with Crippen LogP contribution in [0, 0.1) is 13.8 Å². The minimum atomic E-state index is -0.299. The molecule has 0 unspecified atom stereocenters. The molecule has 0 saturated heterocycles. The Morgan fingerprint density at radius 2 is 2.04 bits per heavy atom. The van der Waals surface area contributed by atoms with Gasteiger partial charge in [-0.3, -0.25) is 14.3 Å². The van der Waals surface area contributed by atoms with Crippen LogP contribution in [0.2, 0.25) is 0 Å². The van der Waals surface area contributed by atoms with Crippen molar-refractivity contribution in [1.82, 2.24) is 20.1 Å². The summed E-state index contributed by atoms with van der Waals surface area (Å²) in [4.78, 5) is 27.1. The van der Waals surface area contributed by atoms with Crippen LogP contribution < -0.4 is 10.9 Å². The van der Waals surface area contributed by atoms with Gasteiger partial charge in [-0.05, 0) is 44.4 Å². The van der Waals surface area contributed by atoms with Crippen LogP contribution in [0.4, 0.5) is 0 Å². The molecule has 0 aliphatic rings. The molecule has 24 heavy (non-hydrogen) atoms. The number of nitrogens with one attached hydrogen (secondary N) is 2. The van der Waals surface area contributed by atoms with Gasteiger partial charge in [0.15, 0.2) is 0 Å². The molecule has 0 fully saturated rings. The second-order valence-electron chi connectivity index (χ2n) is 6.08. The SMILES string of the molecule is Cc1cc(C)n(C[C@@H](C)NC(=O)c2cc3ccccc3c(=O)[nH]2)n1. The molecule has 3 rings (SSSR count). The lowest BCUT2D eigenvalue weighted by molar-refractivity contribution is 0.0930. The molecule has 1 amide bonds. The van der Waals surface area contributed by atoms with Crippen LogP contribution in [0.15, 0.2) is 41.2 Å². The van der Waals surface area contributed by atoms with Gasteiger partial charge in [-0.25, -0.2) is 0 Å². The smallest absolute Gasteiger partial charge is 0.268 e. The van der Waals surface area contributed by atoms with E-state index in [2.05, 4.69) is 15.4 Å². The third-order valence-corrected chi connectivity index (χ3v) is 3.93. The Kier molecular flexibility index (Phi) is 4.20. The molecule has 0 aliphatic heterocycles. The number of aromatic nitrogens is 3. The number of nitrogens with zero attached hydrogens (tertiary/aromatic N) is 2. The first-order chi connectivity index (χ1) is 11.4.